The van der Waals surface area contributed by atoms with E-state index in [2.05, 4.69) is 10.2 Å². The van der Waals surface area contributed by atoms with Crippen LogP contribution in [0, 0.1) is 6.92 Å². The molecule has 0 bridgehead atoms. The second kappa shape index (κ2) is 8.37. The Bertz CT molecular complexity index is 1390. The first-order valence-corrected chi connectivity index (χ1v) is 10.8. The fraction of sp³-hybridized carbons (Fsp3) is 0.167. The molecule has 0 unspecified atom stereocenters. The molecule has 0 saturated heterocycles. The molecular weight excluding hydrogens is 449 g/mol. The molecule has 1 aliphatic rings. The number of pyridine rings is 1. The number of hydrogen-bond donors (Lipinski definition) is 0. The Hall–Kier alpha value is -3.22. The van der Waals surface area contributed by atoms with Crippen LogP contribution in [0.25, 0.3) is 22.6 Å². The van der Waals surface area contributed by atoms with Crippen LogP contribution in [0.3, 0.4) is 0 Å². The van der Waals surface area contributed by atoms with E-state index in [1.807, 2.05) is 42.5 Å². The fourth-order valence-corrected chi connectivity index (χ4v) is 4.22. The standard InChI is InChI=1S/C24H17Cl2N3O3/c1-13-28-29-21(32-13)12-31-24(30)22-16-4-2-3-5-20(16)27-23-15(7-8-17(22)23)10-14-6-9-18(25)19(26)11-14/h2-6,9-11H,7-8,12H2,1H3/b15-10+. The first kappa shape index (κ1) is 20.7. The Morgan fingerprint density at radius 2 is 1.97 bits per heavy atom. The Kier molecular flexibility index (Phi) is 5.41. The van der Waals surface area contributed by atoms with Crippen molar-refractivity contribution in [3.05, 3.63) is 86.7 Å². The van der Waals surface area contributed by atoms with Crippen molar-refractivity contribution in [2.75, 3.05) is 0 Å². The van der Waals surface area contributed by atoms with Gasteiger partial charge in [-0.2, -0.15) is 0 Å². The average molecular weight is 466 g/mol. The van der Waals surface area contributed by atoms with Crippen LogP contribution >= 0.6 is 23.2 Å². The maximum absolute atomic E-state index is 13.2. The van der Waals surface area contributed by atoms with E-state index in [0.29, 0.717) is 27.9 Å². The zero-order valence-electron chi connectivity index (χ0n) is 17.1. The minimum Gasteiger partial charge on any atom is -0.452 e. The van der Waals surface area contributed by atoms with Gasteiger partial charge in [0.05, 0.1) is 26.8 Å². The topological polar surface area (TPSA) is 78.1 Å². The Labute approximate surface area is 193 Å². The van der Waals surface area contributed by atoms with Gasteiger partial charge >= 0.3 is 5.97 Å². The summed E-state index contributed by atoms with van der Waals surface area (Å²) in [6, 6.07) is 13.0. The first-order chi connectivity index (χ1) is 15.5. The van der Waals surface area contributed by atoms with Crippen LogP contribution in [0.2, 0.25) is 10.0 Å². The third-order valence-electron chi connectivity index (χ3n) is 5.33. The van der Waals surface area contributed by atoms with Crippen molar-refractivity contribution in [3.63, 3.8) is 0 Å². The number of hydrogen-bond acceptors (Lipinski definition) is 6. The second-order valence-electron chi connectivity index (χ2n) is 7.47. The van der Waals surface area contributed by atoms with E-state index >= 15 is 0 Å². The molecule has 8 heteroatoms. The molecule has 0 amide bonds. The molecule has 2 aromatic carbocycles. The summed E-state index contributed by atoms with van der Waals surface area (Å²) in [7, 11) is 0. The summed E-state index contributed by atoms with van der Waals surface area (Å²) in [5.41, 5.74) is 4.89. The highest BCUT2D eigenvalue weighted by molar-refractivity contribution is 6.42. The SMILES string of the molecule is Cc1nnc(COC(=O)c2c3c(nc4ccccc24)/C(=C/c2ccc(Cl)c(Cl)c2)CC3)o1. The van der Waals surface area contributed by atoms with Crippen LogP contribution < -0.4 is 0 Å². The van der Waals surface area contributed by atoms with Gasteiger partial charge in [-0.3, -0.25) is 0 Å². The molecule has 0 aliphatic heterocycles. The number of ether oxygens (including phenoxy) is 1. The number of rotatable bonds is 4. The van der Waals surface area contributed by atoms with Crippen molar-refractivity contribution in [3.8, 4) is 0 Å². The fourth-order valence-electron chi connectivity index (χ4n) is 3.91. The van der Waals surface area contributed by atoms with Crippen LogP contribution in [-0.2, 0) is 17.8 Å². The van der Waals surface area contributed by atoms with E-state index in [4.69, 9.17) is 37.3 Å². The highest BCUT2D eigenvalue weighted by atomic mass is 35.5. The maximum atomic E-state index is 13.2. The number of nitrogens with zero attached hydrogens (tertiary/aromatic N) is 3. The van der Waals surface area contributed by atoms with Crippen LogP contribution in [0.1, 0.15) is 45.4 Å². The van der Waals surface area contributed by atoms with Gasteiger partial charge < -0.3 is 9.15 Å². The number of carbonyl (C=O) groups is 1. The van der Waals surface area contributed by atoms with E-state index in [0.717, 1.165) is 39.7 Å². The molecule has 32 heavy (non-hydrogen) atoms. The Balaban J connectivity index is 1.56. The number of aryl methyl sites for hydroxylation is 1. The summed E-state index contributed by atoms with van der Waals surface area (Å²) in [5, 5.41) is 9.40. The highest BCUT2D eigenvalue weighted by Gasteiger charge is 2.28. The van der Waals surface area contributed by atoms with Crippen molar-refractivity contribution < 1.29 is 13.9 Å². The molecule has 6 nitrogen and oxygen atoms in total. The largest absolute Gasteiger partial charge is 0.452 e. The van der Waals surface area contributed by atoms with Crippen LogP contribution in [-0.4, -0.2) is 21.2 Å². The molecule has 0 spiro atoms. The van der Waals surface area contributed by atoms with Crippen molar-refractivity contribution in [2.24, 2.45) is 0 Å². The van der Waals surface area contributed by atoms with Gasteiger partial charge in [0.25, 0.3) is 5.89 Å². The number of esters is 1. The molecular formula is C24H17Cl2N3O3. The lowest BCUT2D eigenvalue weighted by atomic mass is 10.0. The van der Waals surface area contributed by atoms with Gasteiger partial charge in [-0.15, -0.1) is 10.2 Å². The highest BCUT2D eigenvalue weighted by Crippen LogP contribution is 2.38. The quantitative estimate of drug-likeness (QED) is 0.340. The summed E-state index contributed by atoms with van der Waals surface area (Å²) >= 11 is 12.2. The molecule has 0 N–H and O–H groups in total. The van der Waals surface area contributed by atoms with Crippen LogP contribution in [0.5, 0.6) is 0 Å². The molecule has 0 fully saturated rings. The third kappa shape index (κ3) is 3.87. The van der Waals surface area contributed by atoms with Crippen molar-refractivity contribution >= 4 is 51.7 Å². The maximum Gasteiger partial charge on any atom is 0.339 e. The first-order valence-electron chi connectivity index (χ1n) is 10.0. The van der Waals surface area contributed by atoms with Gasteiger partial charge in [-0.1, -0.05) is 47.5 Å². The van der Waals surface area contributed by atoms with Crippen molar-refractivity contribution in [1.82, 2.24) is 15.2 Å². The number of allylic oxidation sites excluding steroid dienone is 1. The molecule has 160 valence electrons. The number of aromatic nitrogens is 3. The lowest BCUT2D eigenvalue weighted by molar-refractivity contribution is 0.0438. The molecule has 2 heterocycles. The van der Waals surface area contributed by atoms with E-state index in [9.17, 15) is 4.79 Å². The van der Waals surface area contributed by atoms with Gasteiger partial charge in [-0.25, -0.2) is 9.78 Å². The Morgan fingerprint density at radius 3 is 2.75 bits per heavy atom. The molecule has 0 atom stereocenters. The van der Waals surface area contributed by atoms with E-state index in [-0.39, 0.29) is 12.5 Å². The zero-order chi connectivity index (χ0) is 22.2. The van der Waals surface area contributed by atoms with E-state index in [1.54, 1.807) is 13.0 Å². The van der Waals surface area contributed by atoms with Gasteiger partial charge in [0, 0.05) is 12.3 Å². The van der Waals surface area contributed by atoms with Gasteiger partial charge in [-0.05, 0) is 53.8 Å². The smallest absolute Gasteiger partial charge is 0.339 e. The van der Waals surface area contributed by atoms with Gasteiger partial charge in [0.2, 0.25) is 5.89 Å². The summed E-state index contributed by atoms with van der Waals surface area (Å²) < 4.78 is 10.8. The average Bonchev–Trinajstić information content (AvgIpc) is 3.38. The molecule has 0 radical (unpaired) electrons. The monoisotopic (exact) mass is 465 g/mol. The molecule has 1 aliphatic carbocycles. The lowest BCUT2D eigenvalue weighted by Crippen LogP contribution is -2.10. The number of benzene rings is 2. The lowest BCUT2D eigenvalue weighted by Gasteiger charge is -2.12. The Morgan fingerprint density at radius 1 is 1.12 bits per heavy atom. The van der Waals surface area contributed by atoms with Crippen molar-refractivity contribution in [1.29, 1.82) is 0 Å². The third-order valence-corrected chi connectivity index (χ3v) is 6.06. The van der Waals surface area contributed by atoms with Crippen molar-refractivity contribution in [2.45, 2.75) is 26.4 Å². The molecule has 4 aromatic rings. The normalized spacial score (nSPS) is 14.2. The summed E-state index contributed by atoms with van der Waals surface area (Å²) in [5.74, 6) is 0.237. The number of fused-ring (bicyclic) bond motifs is 2. The summed E-state index contributed by atoms with van der Waals surface area (Å²) in [4.78, 5) is 18.0. The van der Waals surface area contributed by atoms with Gasteiger partial charge in [0.15, 0.2) is 6.61 Å². The molecule has 5 rings (SSSR count). The van der Waals surface area contributed by atoms with E-state index < -0.39 is 5.97 Å². The van der Waals surface area contributed by atoms with Gasteiger partial charge in [0.1, 0.15) is 0 Å². The van der Waals surface area contributed by atoms with Crippen LogP contribution in [0.4, 0.5) is 0 Å². The number of para-hydroxylation sites is 1. The second-order valence-corrected chi connectivity index (χ2v) is 8.28. The predicted molar refractivity (Wildman–Crippen MR) is 123 cm³/mol. The number of carbonyl (C=O) groups excluding carboxylic acids is 1. The number of halogens is 2. The minimum absolute atomic E-state index is 0.0862. The van der Waals surface area contributed by atoms with Crippen LogP contribution in [0.15, 0.2) is 46.9 Å². The molecule has 2 aromatic heterocycles. The predicted octanol–water partition coefficient (Wildman–Crippen LogP) is 6.08. The molecule has 0 saturated carbocycles. The minimum atomic E-state index is -0.438. The zero-order valence-corrected chi connectivity index (χ0v) is 18.6. The van der Waals surface area contributed by atoms with E-state index in [1.165, 1.54) is 0 Å². The summed E-state index contributed by atoms with van der Waals surface area (Å²) in [6.07, 6.45) is 3.47. The summed E-state index contributed by atoms with van der Waals surface area (Å²) in [6.45, 7) is 1.60.